The predicted octanol–water partition coefficient (Wildman–Crippen LogP) is 2.49. The lowest BCUT2D eigenvalue weighted by atomic mass is 9.99. The molecule has 1 aliphatic heterocycles. The van der Waals surface area contributed by atoms with Crippen molar-refractivity contribution in [2.75, 3.05) is 30.3 Å². The van der Waals surface area contributed by atoms with Crippen molar-refractivity contribution < 1.29 is 9.13 Å². The largest absolute Gasteiger partial charge is 0.493 e. The third kappa shape index (κ3) is 3.63. The van der Waals surface area contributed by atoms with Crippen LogP contribution in [0.5, 0.6) is 5.75 Å². The first-order valence-electron chi connectivity index (χ1n) is 7.41. The summed E-state index contributed by atoms with van der Waals surface area (Å²) in [4.78, 5) is 10.4. The van der Waals surface area contributed by atoms with Crippen molar-refractivity contribution in [1.29, 1.82) is 0 Å². The van der Waals surface area contributed by atoms with Crippen LogP contribution in [0.1, 0.15) is 12.8 Å². The van der Waals surface area contributed by atoms with Crippen LogP contribution in [0.15, 0.2) is 36.7 Å². The van der Waals surface area contributed by atoms with Crippen molar-refractivity contribution in [2.45, 2.75) is 12.8 Å². The summed E-state index contributed by atoms with van der Waals surface area (Å²) in [5.74, 6) is 2.20. The van der Waals surface area contributed by atoms with Crippen molar-refractivity contribution >= 4 is 11.6 Å². The van der Waals surface area contributed by atoms with Crippen LogP contribution in [-0.2, 0) is 0 Å². The van der Waals surface area contributed by atoms with Gasteiger partial charge < -0.3 is 15.4 Å². The number of hydrogen-bond donors (Lipinski definition) is 1. The number of hydrogen-bond acceptors (Lipinski definition) is 5. The van der Waals surface area contributed by atoms with E-state index in [1.165, 1.54) is 18.5 Å². The molecule has 1 atom stereocenters. The zero-order valence-corrected chi connectivity index (χ0v) is 12.3. The highest BCUT2D eigenvalue weighted by atomic mass is 19.1. The Morgan fingerprint density at radius 1 is 1.27 bits per heavy atom. The van der Waals surface area contributed by atoms with Crippen LogP contribution in [0.25, 0.3) is 0 Å². The molecule has 3 rings (SSSR count). The molecular weight excluding hydrogens is 283 g/mol. The number of aromatic nitrogens is 2. The number of anilines is 2. The lowest BCUT2D eigenvalue weighted by Gasteiger charge is -2.33. The highest BCUT2D eigenvalue weighted by Crippen LogP contribution is 2.23. The van der Waals surface area contributed by atoms with Gasteiger partial charge in [-0.25, -0.2) is 14.4 Å². The molecule has 5 nitrogen and oxygen atoms in total. The van der Waals surface area contributed by atoms with E-state index in [0.717, 1.165) is 31.7 Å². The molecule has 1 aromatic heterocycles. The van der Waals surface area contributed by atoms with E-state index < -0.39 is 0 Å². The second-order valence-electron chi connectivity index (χ2n) is 5.52. The fourth-order valence-corrected chi connectivity index (χ4v) is 2.69. The van der Waals surface area contributed by atoms with E-state index in [4.69, 9.17) is 10.5 Å². The Morgan fingerprint density at radius 2 is 2.09 bits per heavy atom. The Morgan fingerprint density at radius 3 is 2.86 bits per heavy atom. The molecule has 2 heterocycles. The van der Waals surface area contributed by atoms with Gasteiger partial charge in [-0.1, -0.05) is 0 Å². The first kappa shape index (κ1) is 14.6. The second-order valence-corrected chi connectivity index (χ2v) is 5.52. The summed E-state index contributed by atoms with van der Waals surface area (Å²) in [5, 5.41) is 0. The number of halogens is 1. The van der Waals surface area contributed by atoms with Gasteiger partial charge in [0.05, 0.1) is 6.61 Å². The van der Waals surface area contributed by atoms with Gasteiger partial charge >= 0.3 is 0 Å². The summed E-state index contributed by atoms with van der Waals surface area (Å²) in [7, 11) is 0. The lowest BCUT2D eigenvalue weighted by Crippen LogP contribution is -2.38. The van der Waals surface area contributed by atoms with Gasteiger partial charge in [-0.15, -0.1) is 0 Å². The second kappa shape index (κ2) is 6.60. The molecule has 2 N–H and O–H groups in total. The average Bonchev–Trinajstić information content (AvgIpc) is 2.55. The molecule has 2 aromatic rings. The predicted molar refractivity (Wildman–Crippen MR) is 83.3 cm³/mol. The fraction of sp³-hybridized carbons (Fsp3) is 0.375. The molecule has 0 saturated carbocycles. The zero-order chi connectivity index (χ0) is 15.4. The molecule has 1 fully saturated rings. The molecule has 0 spiro atoms. The van der Waals surface area contributed by atoms with Gasteiger partial charge in [0.25, 0.3) is 0 Å². The monoisotopic (exact) mass is 302 g/mol. The molecular formula is C16H19FN4O. The standard InChI is InChI=1S/C16H19FN4O/c17-13-3-5-14(6-4-13)22-10-12-2-1-7-21(9-12)16-8-15(18)19-11-20-16/h3-6,8,11-12H,1-2,7,9-10H2,(H2,18,19,20)/t12-/m0/s1. The summed E-state index contributed by atoms with van der Waals surface area (Å²) < 4.78 is 18.6. The van der Waals surface area contributed by atoms with E-state index in [1.807, 2.05) is 0 Å². The zero-order valence-electron chi connectivity index (χ0n) is 12.3. The van der Waals surface area contributed by atoms with Crippen molar-refractivity contribution in [3.8, 4) is 5.75 Å². The average molecular weight is 302 g/mol. The van der Waals surface area contributed by atoms with Crippen LogP contribution in [0.4, 0.5) is 16.0 Å². The van der Waals surface area contributed by atoms with Crippen LogP contribution in [0.3, 0.4) is 0 Å². The summed E-state index contributed by atoms with van der Waals surface area (Å²) in [6.45, 7) is 2.45. The number of ether oxygens (including phenoxy) is 1. The minimum Gasteiger partial charge on any atom is -0.493 e. The van der Waals surface area contributed by atoms with Crippen molar-refractivity contribution in [3.63, 3.8) is 0 Å². The van der Waals surface area contributed by atoms with E-state index in [9.17, 15) is 4.39 Å². The SMILES string of the molecule is Nc1cc(N2CCC[C@H](COc3ccc(F)cc3)C2)ncn1. The Hall–Kier alpha value is -2.37. The van der Waals surface area contributed by atoms with Gasteiger partial charge in [0.1, 0.15) is 29.5 Å². The third-order valence-corrected chi connectivity index (χ3v) is 3.82. The normalized spacial score (nSPS) is 18.2. The van der Waals surface area contributed by atoms with Crippen LogP contribution in [0, 0.1) is 11.7 Å². The minimum atomic E-state index is -0.252. The Labute approximate surface area is 128 Å². The number of nitrogen functional groups attached to an aromatic ring is 1. The quantitative estimate of drug-likeness (QED) is 0.940. The van der Waals surface area contributed by atoms with E-state index in [0.29, 0.717) is 24.1 Å². The molecule has 6 heteroatoms. The lowest BCUT2D eigenvalue weighted by molar-refractivity contribution is 0.228. The smallest absolute Gasteiger partial charge is 0.134 e. The first-order valence-corrected chi connectivity index (χ1v) is 7.41. The van der Waals surface area contributed by atoms with Gasteiger partial charge in [0.2, 0.25) is 0 Å². The number of piperidine rings is 1. The number of benzene rings is 1. The highest BCUT2D eigenvalue weighted by Gasteiger charge is 2.21. The fourth-order valence-electron chi connectivity index (χ4n) is 2.69. The first-order chi connectivity index (χ1) is 10.7. The van der Waals surface area contributed by atoms with Crippen LogP contribution >= 0.6 is 0 Å². The topological polar surface area (TPSA) is 64.3 Å². The van der Waals surface area contributed by atoms with Crippen LogP contribution in [-0.4, -0.2) is 29.7 Å². The highest BCUT2D eigenvalue weighted by molar-refractivity contribution is 5.46. The summed E-state index contributed by atoms with van der Waals surface area (Å²) in [6.07, 6.45) is 3.68. The molecule has 0 radical (unpaired) electrons. The number of nitrogens with zero attached hydrogens (tertiary/aromatic N) is 3. The summed E-state index contributed by atoms with van der Waals surface area (Å²) >= 11 is 0. The molecule has 0 unspecified atom stereocenters. The van der Waals surface area contributed by atoms with Crippen molar-refractivity contribution in [3.05, 3.63) is 42.5 Å². The maximum atomic E-state index is 12.9. The van der Waals surface area contributed by atoms with E-state index in [2.05, 4.69) is 14.9 Å². The molecule has 1 aromatic carbocycles. The van der Waals surface area contributed by atoms with E-state index >= 15 is 0 Å². The van der Waals surface area contributed by atoms with Gasteiger partial charge in [0.15, 0.2) is 0 Å². The molecule has 22 heavy (non-hydrogen) atoms. The van der Waals surface area contributed by atoms with Gasteiger partial charge in [0, 0.05) is 25.1 Å². The van der Waals surface area contributed by atoms with Gasteiger partial charge in [-0.3, -0.25) is 0 Å². The minimum absolute atomic E-state index is 0.252. The molecule has 1 saturated heterocycles. The number of rotatable bonds is 4. The van der Waals surface area contributed by atoms with Crippen molar-refractivity contribution in [2.24, 2.45) is 5.92 Å². The maximum absolute atomic E-state index is 12.9. The molecule has 1 aliphatic rings. The molecule has 116 valence electrons. The maximum Gasteiger partial charge on any atom is 0.134 e. The summed E-state index contributed by atoms with van der Waals surface area (Å²) in [5.41, 5.74) is 5.71. The molecule has 0 aliphatic carbocycles. The number of nitrogens with two attached hydrogens (primary N) is 1. The molecule has 0 bridgehead atoms. The Balaban J connectivity index is 1.57. The van der Waals surface area contributed by atoms with E-state index in [1.54, 1.807) is 18.2 Å². The van der Waals surface area contributed by atoms with E-state index in [-0.39, 0.29) is 5.82 Å². The Bertz CT molecular complexity index is 620. The summed E-state index contributed by atoms with van der Waals surface area (Å²) in [6, 6.07) is 7.92. The van der Waals surface area contributed by atoms with Crippen molar-refractivity contribution in [1.82, 2.24) is 9.97 Å². The van der Waals surface area contributed by atoms with Crippen LogP contribution in [0.2, 0.25) is 0 Å². The molecule has 0 amide bonds. The van der Waals surface area contributed by atoms with Crippen LogP contribution < -0.4 is 15.4 Å². The van der Waals surface area contributed by atoms with Gasteiger partial charge in [-0.2, -0.15) is 0 Å². The Kier molecular flexibility index (Phi) is 4.37. The van der Waals surface area contributed by atoms with Gasteiger partial charge in [-0.05, 0) is 37.1 Å². The third-order valence-electron chi connectivity index (χ3n) is 3.82.